The number of rotatable bonds is 0. The average Bonchev–Trinajstić information content (AvgIpc) is 0.811. The summed E-state index contributed by atoms with van der Waals surface area (Å²) in [6, 6.07) is 0. The van der Waals surface area contributed by atoms with Crippen LogP contribution in [0.4, 0.5) is 0 Å². The van der Waals surface area contributed by atoms with E-state index >= 15 is 0 Å². The normalized spacial score (nSPS) is 5.20. The van der Waals surface area contributed by atoms with Gasteiger partial charge in [-0.1, -0.05) is 13.8 Å². The van der Waals surface area contributed by atoms with Crippen LogP contribution in [0.1, 0.15) is 13.8 Å². The van der Waals surface area contributed by atoms with Crippen molar-refractivity contribution in [2.24, 2.45) is 0 Å². The Morgan fingerprint density at radius 1 is 1.40 bits per heavy atom. The van der Waals surface area contributed by atoms with Gasteiger partial charge in [-0.2, -0.15) is 0 Å². The Hall–Kier alpha value is 0.363. The van der Waals surface area contributed by atoms with Crippen LogP contribution >= 0.6 is 0 Å². The van der Waals surface area contributed by atoms with Crippen molar-refractivity contribution in [1.82, 2.24) is 0 Å². The van der Waals surface area contributed by atoms with Gasteiger partial charge in [-0.25, -0.2) is 0 Å². The third-order valence-electron chi connectivity index (χ3n) is 0. The smallest absolute Gasteiger partial charge is 0.515 e. The van der Waals surface area contributed by atoms with E-state index in [9.17, 15) is 0 Å². The van der Waals surface area contributed by atoms with E-state index in [1.807, 2.05) is 13.8 Å². The van der Waals surface area contributed by atoms with Crippen LogP contribution in [-0.4, -0.2) is 0 Å². The quantitative estimate of drug-likeness (QED) is 0.369. The molecule has 0 aliphatic carbocycles. The Morgan fingerprint density at radius 2 is 1.40 bits per heavy atom. The molecule has 0 spiro atoms. The molecule has 31 valence electrons. The molecule has 0 nitrogen and oxygen atoms in total. The van der Waals surface area contributed by atoms with E-state index in [0.717, 1.165) is 5.57 Å². The molecule has 0 aromatic carbocycles. The molecule has 5 heavy (non-hydrogen) atoms. The minimum Gasteiger partial charge on any atom is -0.515 e. The second-order valence-electron chi connectivity index (χ2n) is 1.08. The van der Waals surface area contributed by atoms with Gasteiger partial charge >= 0.3 is 19.5 Å². The van der Waals surface area contributed by atoms with Crippen LogP contribution in [0, 0.1) is 6.58 Å². The second-order valence-corrected chi connectivity index (χ2v) is 1.08. The van der Waals surface area contributed by atoms with Crippen LogP contribution < -0.4 is 0 Å². The fourth-order valence-electron chi connectivity index (χ4n) is 0. The Kier molecular flexibility index (Phi) is 7.88. The first-order valence-electron chi connectivity index (χ1n) is 1.29. The monoisotopic (exact) mass is 158 g/mol. The van der Waals surface area contributed by atoms with Crippen molar-refractivity contribution < 1.29 is 19.5 Å². The van der Waals surface area contributed by atoms with E-state index in [1.165, 1.54) is 0 Å². The molecule has 0 N–H and O–H groups in total. The molecule has 0 aliphatic rings. The zero-order chi connectivity index (χ0) is 3.58. The van der Waals surface area contributed by atoms with Gasteiger partial charge in [0.1, 0.15) is 0 Å². The van der Waals surface area contributed by atoms with Gasteiger partial charge in [-0.15, -0.1) is 0 Å². The van der Waals surface area contributed by atoms with Gasteiger partial charge in [0, 0.05) is 0 Å². The van der Waals surface area contributed by atoms with Crippen molar-refractivity contribution in [3.8, 4) is 0 Å². The number of allylic oxidation sites excluding steroid dienone is 1. The second kappa shape index (κ2) is 4.36. The van der Waals surface area contributed by atoms with E-state index in [4.69, 9.17) is 6.58 Å². The summed E-state index contributed by atoms with van der Waals surface area (Å²) in [4.78, 5) is 0. The van der Waals surface area contributed by atoms with Gasteiger partial charge in [-0.05, 0) is 0 Å². The molecule has 0 fully saturated rings. The van der Waals surface area contributed by atoms with E-state index in [0.29, 0.717) is 0 Å². The standard InChI is InChI=1S/C4H7.Rh/c1-4(2)3;/h1H,2-3H3;/q-1;+2. The summed E-state index contributed by atoms with van der Waals surface area (Å²) in [6.07, 6.45) is 0. The maximum atomic E-state index is 5.03. The molecule has 0 unspecified atom stereocenters. The van der Waals surface area contributed by atoms with Gasteiger partial charge in [-0.3, -0.25) is 5.57 Å². The van der Waals surface area contributed by atoms with Crippen molar-refractivity contribution in [2.75, 3.05) is 0 Å². The van der Waals surface area contributed by atoms with Gasteiger partial charge in [0.25, 0.3) is 0 Å². The molecule has 0 rings (SSSR count). The predicted molar refractivity (Wildman–Crippen MR) is 19.2 cm³/mol. The van der Waals surface area contributed by atoms with Crippen LogP contribution in [0.15, 0.2) is 5.57 Å². The molecule has 0 saturated carbocycles. The molecule has 0 bridgehead atoms. The summed E-state index contributed by atoms with van der Waals surface area (Å²) in [5, 5.41) is 0. The average molecular weight is 158 g/mol. The Morgan fingerprint density at radius 3 is 1.40 bits per heavy atom. The first-order chi connectivity index (χ1) is 1.73. The van der Waals surface area contributed by atoms with Crippen molar-refractivity contribution in [3.63, 3.8) is 0 Å². The molecule has 0 aromatic heterocycles. The molecule has 0 atom stereocenters. The fraction of sp³-hybridized carbons (Fsp3) is 0.500. The number of hydrogen-bond donors (Lipinski definition) is 0. The summed E-state index contributed by atoms with van der Waals surface area (Å²) >= 11 is 0. The molecular formula is C4H7Rh+. The van der Waals surface area contributed by atoms with Crippen LogP contribution in [0.5, 0.6) is 0 Å². The predicted octanol–water partition coefficient (Wildman–Crippen LogP) is 1.38. The summed E-state index contributed by atoms with van der Waals surface area (Å²) in [7, 11) is 0. The van der Waals surface area contributed by atoms with E-state index < -0.39 is 0 Å². The summed E-state index contributed by atoms with van der Waals surface area (Å²) < 4.78 is 0. The Bertz CT molecular complexity index is 26.6. The van der Waals surface area contributed by atoms with Crippen molar-refractivity contribution in [1.29, 1.82) is 0 Å². The van der Waals surface area contributed by atoms with Crippen LogP contribution in [0.25, 0.3) is 0 Å². The number of hydrogen-bond acceptors (Lipinski definition) is 0. The van der Waals surface area contributed by atoms with Crippen molar-refractivity contribution >= 4 is 0 Å². The maximum absolute atomic E-state index is 5.03. The van der Waals surface area contributed by atoms with Crippen LogP contribution in [0.2, 0.25) is 0 Å². The van der Waals surface area contributed by atoms with Crippen LogP contribution in [-0.2, 0) is 19.5 Å². The third kappa shape index (κ3) is 185. The third-order valence-corrected chi connectivity index (χ3v) is 0. The van der Waals surface area contributed by atoms with Crippen molar-refractivity contribution in [3.05, 3.63) is 12.2 Å². The van der Waals surface area contributed by atoms with Gasteiger partial charge < -0.3 is 6.58 Å². The van der Waals surface area contributed by atoms with Gasteiger partial charge in [0.15, 0.2) is 0 Å². The SMILES string of the molecule is [CH-]=C(C)C.[Rh+2]. The Balaban J connectivity index is 0. The molecule has 0 amide bonds. The molecule has 0 aliphatic heterocycles. The van der Waals surface area contributed by atoms with Gasteiger partial charge in [0.2, 0.25) is 0 Å². The van der Waals surface area contributed by atoms with E-state index in [2.05, 4.69) is 0 Å². The molecule has 0 saturated heterocycles. The Labute approximate surface area is 46.0 Å². The molecular weight excluding hydrogens is 151 g/mol. The fourth-order valence-corrected chi connectivity index (χ4v) is 0. The van der Waals surface area contributed by atoms with Crippen LogP contribution in [0.3, 0.4) is 0 Å². The van der Waals surface area contributed by atoms with E-state index in [1.54, 1.807) is 0 Å². The topological polar surface area (TPSA) is 0 Å². The molecule has 0 heterocycles. The molecule has 1 heteroatoms. The first kappa shape index (κ1) is 9.03. The maximum Gasteiger partial charge on any atom is 2.00 e. The summed E-state index contributed by atoms with van der Waals surface area (Å²) in [5.41, 5.74) is 0.917. The largest absolute Gasteiger partial charge is 2.00 e. The zero-order valence-electron chi connectivity index (χ0n) is 3.41. The van der Waals surface area contributed by atoms with E-state index in [-0.39, 0.29) is 19.5 Å². The van der Waals surface area contributed by atoms with Gasteiger partial charge in [0.05, 0.1) is 0 Å². The summed E-state index contributed by atoms with van der Waals surface area (Å²) in [6.45, 7) is 8.75. The minimum absolute atomic E-state index is 0. The summed E-state index contributed by atoms with van der Waals surface area (Å²) in [5.74, 6) is 0. The van der Waals surface area contributed by atoms with Crippen molar-refractivity contribution in [2.45, 2.75) is 13.8 Å². The minimum atomic E-state index is 0. The zero-order valence-corrected chi connectivity index (χ0v) is 5.05. The first-order valence-corrected chi connectivity index (χ1v) is 1.29. The molecule has 0 aromatic rings. The molecule has 1 radical (unpaired) electrons.